The van der Waals surface area contributed by atoms with Gasteiger partial charge in [-0.1, -0.05) is 5.11 Å². The highest BCUT2D eigenvalue weighted by atomic mass is 16.3. The fourth-order valence-corrected chi connectivity index (χ4v) is 1.00. The fraction of sp³-hybridized carbons (Fsp3) is 1.00. The molecule has 0 aromatic heterocycles. The molecule has 9 heavy (non-hydrogen) atoms. The second-order valence-electron chi connectivity index (χ2n) is 2.40. The summed E-state index contributed by atoms with van der Waals surface area (Å²) in [6, 6.07) is 0. The van der Waals surface area contributed by atoms with E-state index < -0.39 is 0 Å². The molecule has 0 radical (unpaired) electrons. The van der Waals surface area contributed by atoms with E-state index >= 15 is 0 Å². The minimum absolute atomic E-state index is 0.135. The molecule has 0 bridgehead atoms. The van der Waals surface area contributed by atoms with Crippen LogP contribution in [0.4, 0.5) is 0 Å². The van der Waals surface area contributed by atoms with Crippen LogP contribution in [0.1, 0.15) is 12.8 Å². The average Bonchev–Trinajstić information content (AvgIpc) is 1.78. The molecule has 1 rings (SSSR count). The molecule has 1 aliphatic carbocycles. The van der Waals surface area contributed by atoms with Crippen molar-refractivity contribution in [1.29, 1.82) is 0 Å². The second-order valence-corrected chi connectivity index (χ2v) is 2.40. The zero-order valence-corrected chi connectivity index (χ0v) is 5.06. The van der Waals surface area contributed by atoms with Crippen molar-refractivity contribution in [3.05, 3.63) is 10.4 Å². The predicted molar refractivity (Wildman–Crippen MR) is 32.7 cm³/mol. The second kappa shape index (κ2) is 2.71. The number of nitrogens with zero attached hydrogens (tertiary/aromatic N) is 3. The van der Waals surface area contributed by atoms with Crippen molar-refractivity contribution in [3.63, 3.8) is 0 Å². The van der Waals surface area contributed by atoms with Crippen molar-refractivity contribution < 1.29 is 5.11 Å². The van der Waals surface area contributed by atoms with Crippen molar-refractivity contribution in [1.82, 2.24) is 0 Å². The maximum absolute atomic E-state index is 8.78. The number of hydrogen-bond donors (Lipinski definition) is 1. The maximum Gasteiger partial charge on any atom is 0.0545 e. The van der Waals surface area contributed by atoms with Gasteiger partial charge in [-0.15, -0.1) is 0 Å². The Morgan fingerprint density at radius 3 is 2.78 bits per heavy atom. The number of rotatable bonds is 2. The summed E-state index contributed by atoms with van der Waals surface area (Å²) in [6.45, 7) is 0.549. The molecule has 0 aliphatic heterocycles. The smallest absolute Gasteiger partial charge is 0.0545 e. The summed E-state index contributed by atoms with van der Waals surface area (Å²) < 4.78 is 0. The first-order chi connectivity index (χ1) is 4.33. The number of hydrogen-bond acceptors (Lipinski definition) is 2. The number of azide groups is 1. The van der Waals surface area contributed by atoms with E-state index in [2.05, 4.69) is 10.0 Å². The summed E-state index contributed by atoms with van der Waals surface area (Å²) >= 11 is 0. The van der Waals surface area contributed by atoms with E-state index in [0.29, 0.717) is 12.5 Å². The summed E-state index contributed by atoms with van der Waals surface area (Å²) in [6.07, 6.45) is 1.47. The molecule has 0 aromatic carbocycles. The Labute approximate surface area is 53.1 Å². The van der Waals surface area contributed by atoms with E-state index in [0.717, 1.165) is 12.8 Å². The highest BCUT2D eigenvalue weighted by Gasteiger charge is 2.25. The van der Waals surface area contributed by atoms with Crippen LogP contribution in [0.3, 0.4) is 0 Å². The van der Waals surface area contributed by atoms with Crippen molar-refractivity contribution in [2.75, 3.05) is 6.54 Å². The molecule has 1 fully saturated rings. The van der Waals surface area contributed by atoms with Crippen LogP contribution < -0.4 is 0 Å². The minimum atomic E-state index is -0.135. The Morgan fingerprint density at radius 1 is 1.67 bits per heavy atom. The van der Waals surface area contributed by atoms with Crippen LogP contribution in [0.5, 0.6) is 0 Å². The number of aliphatic hydroxyl groups is 1. The fourth-order valence-electron chi connectivity index (χ4n) is 1.00. The quantitative estimate of drug-likeness (QED) is 0.336. The van der Waals surface area contributed by atoms with Gasteiger partial charge in [0.1, 0.15) is 0 Å². The molecule has 1 saturated carbocycles. The first kappa shape index (κ1) is 6.39. The van der Waals surface area contributed by atoms with Crippen LogP contribution >= 0.6 is 0 Å². The topological polar surface area (TPSA) is 69.0 Å². The third-order valence-electron chi connectivity index (χ3n) is 1.61. The first-order valence-electron chi connectivity index (χ1n) is 3.02. The molecule has 0 saturated heterocycles. The highest BCUT2D eigenvalue weighted by Crippen LogP contribution is 2.26. The normalized spacial score (nSPS) is 32.6. The van der Waals surface area contributed by atoms with E-state index in [1.54, 1.807) is 0 Å². The van der Waals surface area contributed by atoms with E-state index in [4.69, 9.17) is 10.6 Å². The predicted octanol–water partition coefficient (Wildman–Crippen LogP) is 1.07. The summed E-state index contributed by atoms with van der Waals surface area (Å²) in [4.78, 5) is 2.63. The Kier molecular flexibility index (Phi) is 1.92. The summed E-state index contributed by atoms with van der Waals surface area (Å²) in [5.74, 6) is 0.441. The largest absolute Gasteiger partial charge is 0.393 e. The van der Waals surface area contributed by atoms with Crippen molar-refractivity contribution >= 4 is 0 Å². The van der Waals surface area contributed by atoms with Crippen LogP contribution in [0.25, 0.3) is 10.4 Å². The molecule has 0 heterocycles. The molecule has 1 N–H and O–H groups in total. The zero-order chi connectivity index (χ0) is 6.69. The van der Waals surface area contributed by atoms with Gasteiger partial charge in [0.15, 0.2) is 0 Å². The molecule has 0 spiro atoms. The van der Waals surface area contributed by atoms with Gasteiger partial charge in [0.05, 0.1) is 6.10 Å². The number of aliphatic hydroxyl groups excluding tert-OH is 1. The van der Waals surface area contributed by atoms with E-state index in [9.17, 15) is 0 Å². The molecular formula is C5H9N3O. The van der Waals surface area contributed by atoms with Crippen LogP contribution in [0, 0.1) is 5.92 Å². The maximum atomic E-state index is 8.78. The molecule has 0 atom stereocenters. The first-order valence-corrected chi connectivity index (χ1v) is 3.02. The molecule has 4 nitrogen and oxygen atoms in total. The lowest BCUT2D eigenvalue weighted by Crippen LogP contribution is -2.29. The van der Waals surface area contributed by atoms with Gasteiger partial charge in [0.2, 0.25) is 0 Å². The minimum Gasteiger partial charge on any atom is -0.393 e. The molecule has 0 amide bonds. The van der Waals surface area contributed by atoms with E-state index in [1.165, 1.54) is 0 Å². The van der Waals surface area contributed by atoms with Gasteiger partial charge >= 0.3 is 0 Å². The Balaban J connectivity index is 2.10. The average molecular weight is 127 g/mol. The van der Waals surface area contributed by atoms with Crippen LogP contribution in [0.15, 0.2) is 5.11 Å². The van der Waals surface area contributed by atoms with Gasteiger partial charge < -0.3 is 5.11 Å². The molecule has 4 heteroatoms. The summed E-state index contributed by atoms with van der Waals surface area (Å²) in [5, 5.41) is 12.2. The molecular weight excluding hydrogens is 118 g/mol. The van der Waals surface area contributed by atoms with Crippen molar-refractivity contribution in [2.24, 2.45) is 11.0 Å². The Morgan fingerprint density at radius 2 is 2.33 bits per heavy atom. The van der Waals surface area contributed by atoms with Crippen molar-refractivity contribution in [2.45, 2.75) is 18.9 Å². The van der Waals surface area contributed by atoms with Crippen LogP contribution in [-0.2, 0) is 0 Å². The van der Waals surface area contributed by atoms with Gasteiger partial charge in [-0.3, -0.25) is 0 Å². The standard InChI is InChI=1S/C5H9N3O/c6-8-7-3-4-1-5(9)2-4/h4-5,9H,1-3H2. The van der Waals surface area contributed by atoms with Gasteiger partial charge in [0.25, 0.3) is 0 Å². The molecule has 0 aromatic rings. The van der Waals surface area contributed by atoms with Gasteiger partial charge in [-0.25, -0.2) is 0 Å². The lowest BCUT2D eigenvalue weighted by Gasteiger charge is -2.29. The highest BCUT2D eigenvalue weighted by molar-refractivity contribution is 4.79. The SMILES string of the molecule is [N-]=[N+]=NCC1CC(O)C1. The van der Waals surface area contributed by atoms with Gasteiger partial charge in [-0.2, -0.15) is 0 Å². The van der Waals surface area contributed by atoms with E-state index in [1.807, 2.05) is 0 Å². The molecule has 50 valence electrons. The van der Waals surface area contributed by atoms with Crippen LogP contribution in [0.2, 0.25) is 0 Å². The Hall–Kier alpha value is -0.730. The third kappa shape index (κ3) is 1.59. The summed E-state index contributed by atoms with van der Waals surface area (Å²) in [5.41, 5.74) is 7.90. The van der Waals surface area contributed by atoms with Crippen molar-refractivity contribution in [3.8, 4) is 0 Å². The lowest BCUT2D eigenvalue weighted by atomic mass is 9.83. The zero-order valence-electron chi connectivity index (χ0n) is 5.06. The monoisotopic (exact) mass is 127 g/mol. The van der Waals surface area contributed by atoms with Gasteiger partial charge in [0, 0.05) is 11.5 Å². The molecule has 0 unspecified atom stereocenters. The van der Waals surface area contributed by atoms with Gasteiger partial charge in [-0.05, 0) is 24.3 Å². The summed E-state index contributed by atoms with van der Waals surface area (Å²) in [7, 11) is 0. The van der Waals surface area contributed by atoms with Crippen LogP contribution in [-0.4, -0.2) is 17.8 Å². The lowest BCUT2D eigenvalue weighted by molar-refractivity contribution is 0.0469. The van der Waals surface area contributed by atoms with E-state index in [-0.39, 0.29) is 6.10 Å². The molecule has 1 aliphatic rings. The Bertz CT molecular complexity index is 135. The third-order valence-corrected chi connectivity index (χ3v) is 1.61.